The molecule has 1 heterocycles. The van der Waals surface area contributed by atoms with Crippen LogP contribution in [-0.2, 0) is 0 Å². The molecule has 1 aromatic heterocycles. The highest BCUT2D eigenvalue weighted by Gasteiger charge is 2.50. The van der Waals surface area contributed by atoms with Crippen molar-refractivity contribution in [1.29, 1.82) is 0 Å². The molecule has 0 aliphatic heterocycles. The van der Waals surface area contributed by atoms with Gasteiger partial charge in [0.15, 0.2) is 0 Å². The average Bonchev–Trinajstić information content (AvgIpc) is 2.47. The van der Waals surface area contributed by atoms with E-state index in [1.54, 1.807) is 0 Å². The molecule has 2 unspecified atom stereocenters. The summed E-state index contributed by atoms with van der Waals surface area (Å²) in [7, 11) is 0. The number of hydrogen-bond donors (Lipinski definition) is 1. The van der Waals surface area contributed by atoms with E-state index in [-0.39, 0.29) is 6.10 Å². The topological polar surface area (TPSA) is 33.1 Å². The smallest absolute Gasteiger partial charge is 0.0931 e. The van der Waals surface area contributed by atoms with Gasteiger partial charge in [0.25, 0.3) is 0 Å². The molecule has 2 nitrogen and oxygen atoms in total. The Balaban J connectivity index is 2.11. The van der Waals surface area contributed by atoms with E-state index in [0.717, 1.165) is 17.0 Å². The van der Waals surface area contributed by atoms with E-state index in [0.29, 0.717) is 11.3 Å². The van der Waals surface area contributed by atoms with Crippen molar-refractivity contribution in [2.24, 2.45) is 11.3 Å². The van der Waals surface area contributed by atoms with Gasteiger partial charge in [0.1, 0.15) is 0 Å². The van der Waals surface area contributed by atoms with E-state index in [9.17, 15) is 5.11 Å². The normalized spacial score (nSPS) is 27.2. The lowest BCUT2D eigenvalue weighted by Gasteiger charge is -2.08. The molecule has 0 aromatic carbocycles. The highest BCUT2D eigenvalue weighted by atomic mass is 32.1. The van der Waals surface area contributed by atoms with Crippen molar-refractivity contribution >= 4 is 11.5 Å². The maximum Gasteiger partial charge on any atom is 0.0931 e. The van der Waals surface area contributed by atoms with Gasteiger partial charge in [0.2, 0.25) is 0 Å². The molecule has 1 aliphatic carbocycles. The highest BCUT2D eigenvalue weighted by molar-refractivity contribution is 7.05. The quantitative estimate of drug-likeness (QED) is 0.790. The van der Waals surface area contributed by atoms with E-state index < -0.39 is 0 Å². The van der Waals surface area contributed by atoms with Crippen LogP contribution < -0.4 is 0 Å². The second kappa shape index (κ2) is 2.79. The van der Waals surface area contributed by atoms with Crippen molar-refractivity contribution < 1.29 is 5.11 Å². The first-order valence-electron chi connectivity index (χ1n) is 4.62. The van der Waals surface area contributed by atoms with E-state index in [1.807, 2.05) is 13.0 Å². The summed E-state index contributed by atoms with van der Waals surface area (Å²) in [6.45, 7) is 6.37. The van der Waals surface area contributed by atoms with Gasteiger partial charge < -0.3 is 5.11 Å². The lowest BCUT2D eigenvalue weighted by atomic mass is 10.1. The fraction of sp³-hybridized carbons (Fsp3) is 0.700. The molecule has 1 fully saturated rings. The van der Waals surface area contributed by atoms with Crippen molar-refractivity contribution in [1.82, 2.24) is 4.37 Å². The minimum absolute atomic E-state index is 0.291. The Morgan fingerprint density at radius 1 is 1.69 bits per heavy atom. The number of aliphatic hydroxyl groups is 1. The summed E-state index contributed by atoms with van der Waals surface area (Å²) in [4.78, 5) is 1.02. The Kier molecular flexibility index (Phi) is 1.96. The molecule has 13 heavy (non-hydrogen) atoms. The predicted molar refractivity (Wildman–Crippen MR) is 53.7 cm³/mol. The van der Waals surface area contributed by atoms with Crippen LogP contribution in [0.1, 0.15) is 36.9 Å². The minimum Gasteiger partial charge on any atom is -0.387 e. The SMILES string of the molecule is Cc1cc(C(O)C2CC2(C)C)sn1. The molecular formula is C10H15NOS. The lowest BCUT2D eigenvalue weighted by Crippen LogP contribution is -2.02. The van der Waals surface area contributed by atoms with E-state index in [2.05, 4.69) is 18.2 Å². The Labute approximate surface area is 82.8 Å². The molecule has 0 radical (unpaired) electrons. The van der Waals surface area contributed by atoms with Gasteiger partial charge in [-0.1, -0.05) is 13.8 Å². The van der Waals surface area contributed by atoms with Crippen LogP contribution in [0.3, 0.4) is 0 Å². The summed E-state index contributed by atoms with van der Waals surface area (Å²) in [6, 6.07) is 1.99. The second-order valence-corrected chi connectivity index (χ2v) is 5.45. The highest BCUT2D eigenvalue weighted by Crippen LogP contribution is 2.58. The molecule has 0 spiro atoms. The number of hydrogen-bond acceptors (Lipinski definition) is 3. The first-order valence-corrected chi connectivity index (χ1v) is 5.39. The van der Waals surface area contributed by atoms with Gasteiger partial charge in [-0.2, -0.15) is 4.37 Å². The van der Waals surface area contributed by atoms with Crippen LogP contribution in [-0.4, -0.2) is 9.48 Å². The standard InChI is InChI=1S/C10H15NOS/c1-6-4-8(13-11-6)9(12)7-5-10(7,2)3/h4,7,9,12H,5H2,1-3H3. The molecule has 72 valence electrons. The van der Waals surface area contributed by atoms with Crippen molar-refractivity contribution in [2.45, 2.75) is 33.3 Å². The van der Waals surface area contributed by atoms with Crippen LogP contribution in [0.4, 0.5) is 0 Å². The molecule has 2 rings (SSSR count). The summed E-state index contributed by atoms with van der Waals surface area (Å²) in [5.41, 5.74) is 1.34. The lowest BCUT2D eigenvalue weighted by molar-refractivity contribution is 0.142. The van der Waals surface area contributed by atoms with Gasteiger partial charge in [-0.05, 0) is 42.3 Å². The molecule has 1 N–H and O–H groups in total. The number of aromatic nitrogens is 1. The number of aryl methyl sites for hydroxylation is 1. The molecule has 2 atom stereocenters. The van der Waals surface area contributed by atoms with E-state index in [4.69, 9.17) is 0 Å². The van der Waals surface area contributed by atoms with Crippen molar-refractivity contribution in [3.8, 4) is 0 Å². The number of rotatable bonds is 2. The van der Waals surface area contributed by atoms with Gasteiger partial charge in [-0.3, -0.25) is 0 Å². The van der Waals surface area contributed by atoms with Crippen LogP contribution in [0, 0.1) is 18.3 Å². The summed E-state index contributed by atoms with van der Waals surface area (Å²) < 4.78 is 4.18. The number of nitrogens with zero attached hydrogens (tertiary/aromatic N) is 1. The van der Waals surface area contributed by atoms with Gasteiger partial charge in [0.05, 0.1) is 16.7 Å². The third-order valence-electron chi connectivity index (χ3n) is 2.91. The Bertz CT molecular complexity index is 318. The minimum atomic E-state index is -0.291. The molecule has 0 saturated heterocycles. The van der Waals surface area contributed by atoms with Gasteiger partial charge in [0, 0.05) is 0 Å². The maximum absolute atomic E-state index is 9.98. The Hall–Kier alpha value is -0.410. The van der Waals surface area contributed by atoms with E-state index >= 15 is 0 Å². The van der Waals surface area contributed by atoms with Crippen LogP contribution in [0.5, 0.6) is 0 Å². The zero-order chi connectivity index (χ0) is 9.64. The molecule has 0 bridgehead atoms. The van der Waals surface area contributed by atoms with Crippen LogP contribution in [0.2, 0.25) is 0 Å². The first kappa shape index (κ1) is 9.16. The maximum atomic E-state index is 9.98. The summed E-state index contributed by atoms with van der Waals surface area (Å²) in [6.07, 6.45) is 0.840. The van der Waals surface area contributed by atoms with Gasteiger partial charge in [-0.15, -0.1) is 0 Å². The Morgan fingerprint density at radius 3 is 2.69 bits per heavy atom. The summed E-state index contributed by atoms with van der Waals surface area (Å²) in [5.74, 6) is 0.437. The summed E-state index contributed by atoms with van der Waals surface area (Å²) >= 11 is 1.43. The second-order valence-electron chi connectivity index (χ2n) is 4.61. The van der Waals surface area contributed by atoms with Crippen LogP contribution in [0.15, 0.2) is 6.07 Å². The largest absolute Gasteiger partial charge is 0.387 e. The monoisotopic (exact) mass is 197 g/mol. The van der Waals surface area contributed by atoms with Crippen LogP contribution >= 0.6 is 11.5 Å². The molecule has 1 aromatic rings. The van der Waals surface area contributed by atoms with Crippen molar-refractivity contribution in [3.05, 3.63) is 16.6 Å². The third kappa shape index (κ3) is 1.63. The third-order valence-corrected chi connectivity index (χ3v) is 3.86. The predicted octanol–water partition coefficient (Wildman–Crippen LogP) is 2.53. The average molecular weight is 197 g/mol. The van der Waals surface area contributed by atoms with E-state index in [1.165, 1.54) is 11.5 Å². The van der Waals surface area contributed by atoms with Gasteiger partial charge >= 0.3 is 0 Å². The first-order chi connectivity index (χ1) is 6.00. The van der Waals surface area contributed by atoms with Gasteiger partial charge in [-0.25, -0.2) is 0 Å². The molecule has 0 amide bonds. The molecule has 1 aliphatic rings. The van der Waals surface area contributed by atoms with Crippen LogP contribution in [0.25, 0.3) is 0 Å². The van der Waals surface area contributed by atoms with Crippen molar-refractivity contribution in [3.63, 3.8) is 0 Å². The fourth-order valence-corrected chi connectivity index (χ4v) is 2.57. The van der Waals surface area contributed by atoms with Crippen molar-refractivity contribution in [2.75, 3.05) is 0 Å². The Morgan fingerprint density at radius 2 is 2.31 bits per heavy atom. The molecule has 1 saturated carbocycles. The zero-order valence-corrected chi connectivity index (χ0v) is 9.06. The zero-order valence-electron chi connectivity index (χ0n) is 8.24. The number of aliphatic hydroxyl groups excluding tert-OH is 1. The molecular weight excluding hydrogens is 182 g/mol. The summed E-state index contributed by atoms with van der Waals surface area (Å²) in [5, 5.41) is 9.98. The fourth-order valence-electron chi connectivity index (χ4n) is 1.77. The molecule has 3 heteroatoms.